The highest BCUT2D eigenvalue weighted by Crippen LogP contribution is 2.21. The van der Waals surface area contributed by atoms with Crippen molar-refractivity contribution in [1.82, 2.24) is 4.40 Å². The van der Waals surface area contributed by atoms with E-state index < -0.39 is 6.10 Å². The number of aromatic nitrogens is 1. The van der Waals surface area contributed by atoms with Gasteiger partial charge in [0.1, 0.15) is 0 Å². The maximum atomic E-state index is 9.85. The third-order valence-electron chi connectivity index (χ3n) is 2.42. The lowest BCUT2D eigenvalue weighted by Crippen LogP contribution is -2.24. The molecule has 74 valence electrons. The fourth-order valence-corrected chi connectivity index (χ4v) is 1.61. The van der Waals surface area contributed by atoms with Crippen molar-refractivity contribution in [2.24, 2.45) is 5.73 Å². The van der Waals surface area contributed by atoms with Gasteiger partial charge < -0.3 is 15.2 Å². The Hall–Kier alpha value is -1.32. The van der Waals surface area contributed by atoms with Gasteiger partial charge in [-0.15, -0.1) is 0 Å². The molecule has 3 nitrogen and oxygen atoms in total. The Balaban J connectivity index is 2.53. The van der Waals surface area contributed by atoms with Crippen molar-refractivity contribution in [1.29, 1.82) is 0 Å². The van der Waals surface area contributed by atoms with Gasteiger partial charge >= 0.3 is 0 Å². The number of aliphatic hydroxyl groups is 1. The first kappa shape index (κ1) is 9.24. The van der Waals surface area contributed by atoms with Gasteiger partial charge in [-0.25, -0.2) is 0 Å². The fraction of sp³-hybridized carbons (Fsp3) is 0.273. The summed E-state index contributed by atoms with van der Waals surface area (Å²) in [4.78, 5) is 0. The molecule has 2 aromatic rings. The second-order valence-electron chi connectivity index (χ2n) is 3.57. The van der Waals surface area contributed by atoms with Crippen LogP contribution in [0.5, 0.6) is 0 Å². The minimum Gasteiger partial charge on any atom is -0.387 e. The highest BCUT2D eigenvalue weighted by molar-refractivity contribution is 5.56. The molecule has 2 aromatic heterocycles. The molecule has 0 saturated heterocycles. The zero-order valence-corrected chi connectivity index (χ0v) is 8.09. The van der Waals surface area contributed by atoms with Gasteiger partial charge in [0, 0.05) is 24.0 Å². The summed E-state index contributed by atoms with van der Waals surface area (Å²) in [6.07, 6.45) is 3.28. The van der Waals surface area contributed by atoms with Crippen LogP contribution >= 0.6 is 0 Å². The molecule has 0 aromatic carbocycles. The van der Waals surface area contributed by atoms with Gasteiger partial charge in [0.25, 0.3) is 0 Å². The average Bonchev–Trinajstić information content (AvgIpc) is 2.60. The van der Waals surface area contributed by atoms with Crippen LogP contribution in [-0.2, 0) is 0 Å². The lowest BCUT2D eigenvalue weighted by atomic mass is 10.1. The largest absolute Gasteiger partial charge is 0.387 e. The maximum absolute atomic E-state index is 9.85. The number of nitrogens with two attached hydrogens (primary N) is 1. The minimum atomic E-state index is -0.595. The van der Waals surface area contributed by atoms with Crippen molar-refractivity contribution in [3.63, 3.8) is 0 Å². The smallest absolute Gasteiger partial charge is 0.0958 e. The van der Waals surface area contributed by atoms with Crippen LogP contribution in [0.1, 0.15) is 18.6 Å². The lowest BCUT2D eigenvalue weighted by molar-refractivity contribution is 0.155. The van der Waals surface area contributed by atoms with Crippen molar-refractivity contribution in [2.75, 3.05) is 0 Å². The number of pyridine rings is 1. The Labute approximate surface area is 82.8 Å². The van der Waals surface area contributed by atoms with Crippen molar-refractivity contribution in [3.8, 4) is 0 Å². The Morgan fingerprint density at radius 3 is 2.79 bits per heavy atom. The SMILES string of the molecule is C[C@H](N)[C@H](O)c1ccn2ccccc12. The number of nitrogens with zero attached hydrogens (tertiary/aromatic N) is 1. The van der Waals surface area contributed by atoms with E-state index in [0.29, 0.717) is 0 Å². The van der Waals surface area contributed by atoms with E-state index in [-0.39, 0.29) is 6.04 Å². The topological polar surface area (TPSA) is 50.7 Å². The van der Waals surface area contributed by atoms with E-state index in [1.54, 1.807) is 6.92 Å². The first-order chi connectivity index (χ1) is 6.70. The lowest BCUT2D eigenvalue weighted by Gasteiger charge is -2.13. The standard InChI is InChI=1S/C11H14N2O/c1-8(12)11(14)9-5-7-13-6-3-2-4-10(9)13/h2-8,11,14H,12H2,1H3/t8-,11-/m0/s1. The molecule has 0 saturated carbocycles. The Bertz CT molecular complexity index is 434. The van der Waals surface area contributed by atoms with Crippen LogP contribution in [-0.4, -0.2) is 15.5 Å². The Morgan fingerprint density at radius 2 is 2.07 bits per heavy atom. The molecule has 0 amide bonds. The zero-order valence-electron chi connectivity index (χ0n) is 8.09. The van der Waals surface area contributed by atoms with Gasteiger partial charge in [0.15, 0.2) is 0 Å². The number of fused-ring (bicyclic) bond motifs is 1. The molecule has 0 radical (unpaired) electrons. The van der Waals surface area contributed by atoms with Crippen LogP contribution in [0.2, 0.25) is 0 Å². The molecule has 3 N–H and O–H groups in total. The second kappa shape index (κ2) is 3.44. The minimum absolute atomic E-state index is 0.249. The number of rotatable bonds is 2. The summed E-state index contributed by atoms with van der Waals surface area (Å²) >= 11 is 0. The van der Waals surface area contributed by atoms with Crippen molar-refractivity contribution >= 4 is 5.52 Å². The summed E-state index contributed by atoms with van der Waals surface area (Å²) < 4.78 is 1.97. The van der Waals surface area contributed by atoms with Crippen LogP contribution in [0.25, 0.3) is 5.52 Å². The van der Waals surface area contributed by atoms with Crippen LogP contribution in [0, 0.1) is 0 Å². The van der Waals surface area contributed by atoms with E-state index in [1.807, 2.05) is 41.1 Å². The summed E-state index contributed by atoms with van der Waals surface area (Å²) in [6.45, 7) is 1.80. The third-order valence-corrected chi connectivity index (χ3v) is 2.42. The molecule has 0 aliphatic heterocycles. The predicted octanol–water partition coefficient (Wildman–Crippen LogP) is 1.32. The molecule has 3 heteroatoms. The van der Waals surface area contributed by atoms with Crippen LogP contribution in [0.3, 0.4) is 0 Å². The van der Waals surface area contributed by atoms with Crippen molar-refractivity contribution in [2.45, 2.75) is 19.1 Å². The highest BCUT2D eigenvalue weighted by atomic mass is 16.3. The average molecular weight is 190 g/mol. The van der Waals surface area contributed by atoms with Gasteiger partial charge in [0.05, 0.1) is 11.6 Å². The predicted molar refractivity (Wildman–Crippen MR) is 56.0 cm³/mol. The fourth-order valence-electron chi connectivity index (χ4n) is 1.61. The molecule has 0 fully saturated rings. The van der Waals surface area contributed by atoms with Crippen LogP contribution in [0.15, 0.2) is 36.7 Å². The zero-order chi connectivity index (χ0) is 10.1. The maximum Gasteiger partial charge on any atom is 0.0958 e. The summed E-state index contributed by atoms with van der Waals surface area (Å²) in [5, 5.41) is 9.85. The molecule has 2 atom stereocenters. The van der Waals surface area contributed by atoms with E-state index in [2.05, 4.69) is 0 Å². The van der Waals surface area contributed by atoms with Crippen LogP contribution < -0.4 is 5.73 Å². The molecule has 0 aliphatic carbocycles. The van der Waals surface area contributed by atoms with E-state index in [4.69, 9.17) is 5.73 Å². The first-order valence-corrected chi connectivity index (χ1v) is 4.69. The molecular weight excluding hydrogens is 176 g/mol. The quantitative estimate of drug-likeness (QED) is 0.750. The van der Waals surface area contributed by atoms with E-state index in [1.165, 1.54) is 0 Å². The number of hydrogen-bond acceptors (Lipinski definition) is 2. The normalized spacial score (nSPS) is 15.6. The third kappa shape index (κ3) is 1.41. The monoisotopic (exact) mass is 190 g/mol. The van der Waals surface area contributed by atoms with Gasteiger partial charge in [-0.1, -0.05) is 6.07 Å². The van der Waals surface area contributed by atoms with Crippen molar-refractivity contribution < 1.29 is 5.11 Å². The Morgan fingerprint density at radius 1 is 1.29 bits per heavy atom. The Kier molecular flexibility index (Phi) is 2.27. The molecular formula is C11H14N2O. The van der Waals surface area contributed by atoms with E-state index in [0.717, 1.165) is 11.1 Å². The summed E-state index contributed by atoms with van der Waals surface area (Å²) in [6, 6.07) is 7.54. The number of aliphatic hydroxyl groups excluding tert-OH is 1. The second-order valence-corrected chi connectivity index (χ2v) is 3.57. The summed E-state index contributed by atoms with van der Waals surface area (Å²) in [5.41, 5.74) is 7.56. The molecule has 0 spiro atoms. The summed E-state index contributed by atoms with van der Waals surface area (Å²) in [7, 11) is 0. The molecule has 0 unspecified atom stereocenters. The van der Waals surface area contributed by atoms with Gasteiger partial charge in [-0.3, -0.25) is 0 Å². The van der Waals surface area contributed by atoms with E-state index in [9.17, 15) is 5.11 Å². The van der Waals surface area contributed by atoms with Gasteiger partial charge in [0.2, 0.25) is 0 Å². The highest BCUT2D eigenvalue weighted by Gasteiger charge is 2.15. The molecule has 0 aliphatic rings. The molecule has 0 bridgehead atoms. The molecule has 14 heavy (non-hydrogen) atoms. The molecule has 2 rings (SSSR count). The number of hydrogen-bond donors (Lipinski definition) is 2. The van der Waals surface area contributed by atoms with E-state index >= 15 is 0 Å². The molecule has 2 heterocycles. The summed E-state index contributed by atoms with van der Waals surface area (Å²) in [5.74, 6) is 0. The first-order valence-electron chi connectivity index (χ1n) is 4.69. The van der Waals surface area contributed by atoms with Gasteiger partial charge in [-0.05, 0) is 25.1 Å². The van der Waals surface area contributed by atoms with Gasteiger partial charge in [-0.2, -0.15) is 0 Å². The van der Waals surface area contributed by atoms with Crippen LogP contribution in [0.4, 0.5) is 0 Å². The van der Waals surface area contributed by atoms with Crippen molar-refractivity contribution in [3.05, 3.63) is 42.2 Å².